The van der Waals surface area contributed by atoms with Crippen molar-refractivity contribution in [3.8, 4) is 0 Å². The predicted molar refractivity (Wildman–Crippen MR) is 83.1 cm³/mol. The smallest absolute Gasteiger partial charge is 0.234 e. The molecule has 1 saturated heterocycles. The molecule has 0 aliphatic carbocycles. The average Bonchev–Trinajstić information content (AvgIpc) is 2.41. The second-order valence-corrected chi connectivity index (χ2v) is 7.95. The molecule has 1 aliphatic heterocycles. The van der Waals surface area contributed by atoms with Gasteiger partial charge in [0.2, 0.25) is 5.91 Å². The lowest BCUT2D eigenvalue weighted by molar-refractivity contribution is -0.122. The zero-order valence-electron chi connectivity index (χ0n) is 11.9. The molecule has 1 amide bonds. The number of hydrogen-bond donors (Lipinski definition) is 1. The molecule has 1 aromatic carbocycles. The molecular formula is C14H19ClN2O3S. The third kappa shape index (κ3) is 4.69. The number of amides is 1. The standard InChI is InChI=1S/C14H19ClN2O3S/c1-11(12-4-2-3-5-13(12)15)16-14(18)10-17-6-8-21(19,20)9-7-17/h2-5,11H,6-10H2,1H3,(H,16,18)/t11-/m1/s1. The van der Waals surface area contributed by atoms with Crippen LogP contribution in [0.1, 0.15) is 18.5 Å². The molecule has 7 heteroatoms. The summed E-state index contributed by atoms with van der Waals surface area (Å²) >= 11 is 6.10. The molecule has 2 rings (SSSR count). The number of nitrogens with zero attached hydrogens (tertiary/aromatic N) is 1. The third-order valence-corrected chi connectivity index (χ3v) is 5.51. The fourth-order valence-electron chi connectivity index (χ4n) is 2.30. The summed E-state index contributed by atoms with van der Waals surface area (Å²) in [5.74, 6) is 0.127. The summed E-state index contributed by atoms with van der Waals surface area (Å²) in [4.78, 5) is 13.9. The van der Waals surface area contributed by atoms with E-state index in [0.29, 0.717) is 18.1 Å². The number of benzene rings is 1. The van der Waals surface area contributed by atoms with Crippen LogP contribution < -0.4 is 5.32 Å². The van der Waals surface area contributed by atoms with Crippen LogP contribution in [0.3, 0.4) is 0 Å². The van der Waals surface area contributed by atoms with Crippen molar-refractivity contribution in [1.82, 2.24) is 10.2 Å². The number of hydrogen-bond acceptors (Lipinski definition) is 4. The molecule has 1 atom stereocenters. The molecule has 0 spiro atoms. The molecule has 1 aromatic rings. The van der Waals surface area contributed by atoms with Crippen LogP contribution in [0.4, 0.5) is 0 Å². The van der Waals surface area contributed by atoms with Crippen LogP contribution in [0.2, 0.25) is 5.02 Å². The first-order valence-corrected chi connectivity index (χ1v) is 9.04. The van der Waals surface area contributed by atoms with E-state index in [-0.39, 0.29) is 30.0 Å². The lowest BCUT2D eigenvalue weighted by Crippen LogP contribution is -2.45. The maximum absolute atomic E-state index is 12.0. The largest absolute Gasteiger partial charge is 0.348 e. The van der Waals surface area contributed by atoms with Gasteiger partial charge >= 0.3 is 0 Å². The van der Waals surface area contributed by atoms with Crippen molar-refractivity contribution in [3.63, 3.8) is 0 Å². The lowest BCUT2D eigenvalue weighted by atomic mass is 10.1. The van der Waals surface area contributed by atoms with Crippen molar-refractivity contribution in [3.05, 3.63) is 34.9 Å². The number of rotatable bonds is 4. The fraction of sp³-hybridized carbons (Fsp3) is 0.500. The SMILES string of the molecule is C[C@@H](NC(=O)CN1CCS(=O)(=O)CC1)c1ccccc1Cl. The van der Waals surface area contributed by atoms with E-state index in [1.165, 1.54) is 0 Å². The summed E-state index contributed by atoms with van der Waals surface area (Å²) in [5, 5.41) is 3.51. The second kappa shape index (κ2) is 6.77. The van der Waals surface area contributed by atoms with Crippen LogP contribution in [0.25, 0.3) is 0 Å². The monoisotopic (exact) mass is 330 g/mol. The molecule has 5 nitrogen and oxygen atoms in total. The zero-order valence-corrected chi connectivity index (χ0v) is 13.5. The van der Waals surface area contributed by atoms with Gasteiger partial charge in [-0.15, -0.1) is 0 Å². The van der Waals surface area contributed by atoms with E-state index in [1.54, 1.807) is 6.07 Å². The van der Waals surface area contributed by atoms with Crippen molar-refractivity contribution >= 4 is 27.3 Å². The van der Waals surface area contributed by atoms with E-state index < -0.39 is 9.84 Å². The molecule has 0 aromatic heterocycles. The van der Waals surface area contributed by atoms with Gasteiger partial charge in [-0.05, 0) is 18.6 Å². The van der Waals surface area contributed by atoms with Gasteiger partial charge < -0.3 is 5.32 Å². The third-order valence-electron chi connectivity index (χ3n) is 3.55. The van der Waals surface area contributed by atoms with Crippen molar-refractivity contribution < 1.29 is 13.2 Å². The minimum atomic E-state index is -2.91. The minimum Gasteiger partial charge on any atom is -0.348 e. The number of carbonyl (C=O) groups is 1. The molecule has 21 heavy (non-hydrogen) atoms. The van der Waals surface area contributed by atoms with Crippen molar-refractivity contribution in [2.75, 3.05) is 31.1 Å². The van der Waals surface area contributed by atoms with Crippen LogP contribution in [0, 0.1) is 0 Å². The van der Waals surface area contributed by atoms with Crippen molar-refractivity contribution in [2.24, 2.45) is 0 Å². The van der Waals surface area contributed by atoms with E-state index in [9.17, 15) is 13.2 Å². The summed E-state index contributed by atoms with van der Waals surface area (Å²) in [6, 6.07) is 7.20. The predicted octanol–water partition coefficient (Wildman–Crippen LogP) is 1.25. The van der Waals surface area contributed by atoms with E-state index in [1.807, 2.05) is 30.0 Å². The van der Waals surface area contributed by atoms with Crippen molar-refractivity contribution in [1.29, 1.82) is 0 Å². The Kier molecular flexibility index (Phi) is 5.24. The van der Waals surface area contributed by atoms with Gasteiger partial charge in [0, 0.05) is 18.1 Å². The summed E-state index contributed by atoms with van der Waals surface area (Å²) in [6.07, 6.45) is 0. The number of carbonyl (C=O) groups excluding carboxylic acids is 1. The maximum atomic E-state index is 12.0. The Labute approximate surface area is 130 Å². The summed E-state index contributed by atoms with van der Waals surface area (Å²) < 4.78 is 22.7. The molecule has 116 valence electrons. The zero-order chi connectivity index (χ0) is 15.5. The highest BCUT2D eigenvalue weighted by Crippen LogP contribution is 2.21. The molecule has 1 fully saturated rings. The number of sulfone groups is 1. The maximum Gasteiger partial charge on any atom is 0.234 e. The molecule has 0 unspecified atom stereocenters. The first-order chi connectivity index (χ1) is 9.87. The van der Waals surface area contributed by atoms with E-state index >= 15 is 0 Å². The van der Waals surface area contributed by atoms with E-state index in [2.05, 4.69) is 5.32 Å². The highest BCUT2D eigenvalue weighted by atomic mass is 35.5. The van der Waals surface area contributed by atoms with Crippen LogP contribution in [0.5, 0.6) is 0 Å². The minimum absolute atomic E-state index is 0.123. The average molecular weight is 331 g/mol. The normalized spacial score (nSPS) is 19.9. The Hall–Kier alpha value is -1.11. The molecule has 0 radical (unpaired) electrons. The van der Waals surface area contributed by atoms with Gasteiger partial charge in [-0.25, -0.2) is 8.42 Å². The van der Waals surface area contributed by atoms with E-state index in [4.69, 9.17) is 11.6 Å². The van der Waals surface area contributed by atoms with Crippen LogP contribution >= 0.6 is 11.6 Å². The molecule has 1 N–H and O–H groups in total. The van der Waals surface area contributed by atoms with Crippen molar-refractivity contribution in [2.45, 2.75) is 13.0 Å². The number of halogens is 1. The Balaban J connectivity index is 1.86. The van der Waals surface area contributed by atoms with Gasteiger partial charge in [0.15, 0.2) is 9.84 Å². The lowest BCUT2D eigenvalue weighted by Gasteiger charge is -2.26. The Bertz CT molecular complexity index is 604. The fourth-order valence-corrected chi connectivity index (χ4v) is 3.88. The van der Waals surface area contributed by atoms with Gasteiger partial charge in [-0.2, -0.15) is 0 Å². The highest BCUT2D eigenvalue weighted by molar-refractivity contribution is 7.91. The van der Waals surface area contributed by atoms with Gasteiger partial charge in [0.1, 0.15) is 0 Å². The molecular weight excluding hydrogens is 312 g/mol. The molecule has 0 bridgehead atoms. The second-order valence-electron chi connectivity index (χ2n) is 5.24. The molecule has 1 aliphatic rings. The van der Waals surface area contributed by atoms with Crippen LogP contribution in [-0.4, -0.2) is 50.4 Å². The Morgan fingerprint density at radius 1 is 1.33 bits per heavy atom. The van der Waals surface area contributed by atoms with Gasteiger partial charge in [-0.3, -0.25) is 9.69 Å². The van der Waals surface area contributed by atoms with Crippen LogP contribution in [0.15, 0.2) is 24.3 Å². The van der Waals surface area contributed by atoms with Gasteiger partial charge in [0.05, 0.1) is 24.1 Å². The Morgan fingerprint density at radius 2 is 1.95 bits per heavy atom. The van der Waals surface area contributed by atoms with Crippen LogP contribution in [-0.2, 0) is 14.6 Å². The summed E-state index contributed by atoms with van der Waals surface area (Å²) in [7, 11) is -2.91. The topological polar surface area (TPSA) is 66.5 Å². The first kappa shape index (κ1) is 16.3. The highest BCUT2D eigenvalue weighted by Gasteiger charge is 2.23. The van der Waals surface area contributed by atoms with Gasteiger partial charge in [0.25, 0.3) is 0 Å². The Morgan fingerprint density at radius 3 is 2.57 bits per heavy atom. The quantitative estimate of drug-likeness (QED) is 0.902. The summed E-state index contributed by atoms with van der Waals surface area (Å²) in [6.45, 7) is 2.91. The molecule has 1 heterocycles. The van der Waals surface area contributed by atoms with E-state index in [0.717, 1.165) is 5.56 Å². The summed E-state index contributed by atoms with van der Waals surface area (Å²) in [5.41, 5.74) is 0.869. The number of nitrogens with one attached hydrogen (secondary N) is 1. The first-order valence-electron chi connectivity index (χ1n) is 6.84. The molecule has 0 saturated carbocycles. The van der Waals surface area contributed by atoms with Gasteiger partial charge in [-0.1, -0.05) is 29.8 Å².